The average Bonchev–Trinajstić information content (AvgIpc) is 3.10. The minimum absolute atomic E-state index is 0.0772. The first-order valence-corrected chi connectivity index (χ1v) is 11.0. The molecule has 6 nitrogen and oxygen atoms in total. The van der Waals surface area contributed by atoms with Gasteiger partial charge in [0.2, 0.25) is 0 Å². The number of aromatic nitrogens is 1. The van der Waals surface area contributed by atoms with Gasteiger partial charge in [0.1, 0.15) is 5.75 Å². The first-order valence-electron chi connectivity index (χ1n) is 11.0. The van der Waals surface area contributed by atoms with Crippen molar-refractivity contribution in [2.24, 2.45) is 5.10 Å². The van der Waals surface area contributed by atoms with Gasteiger partial charge in [-0.25, -0.2) is 5.43 Å². The summed E-state index contributed by atoms with van der Waals surface area (Å²) < 4.78 is 7.71. The molecular weight excluding hydrogens is 388 g/mol. The zero-order valence-electron chi connectivity index (χ0n) is 18.1. The standard InChI is InChI=1S/C25H28N4O2/c1-17-9-10-22-21(13-17)20-7-4-8-23-25(20)29(22)12-11-28(23)16-24(30)27-26-15-18-5-3-6-19(14-18)31-2/h3,5-6,9-10,13-15,23H,4,7-8,11-12,16H2,1-2H3,(H,27,30)/b26-15+/t23-/m1/s1. The first-order chi connectivity index (χ1) is 15.1. The van der Waals surface area contributed by atoms with Crippen LogP contribution in [0.4, 0.5) is 0 Å². The second kappa shape index (κ2) is 8.19. The van der Waals surface area contributed by atoms with Gasteiger partial charge in [-0.05, 0) is 61.6 Å². The van der Waals surface area contributed by atoms with Crippen molar-refractivity contribution in [3.8, 4) is 5.75 Å². The molecule has 0 unspecified atom stereocenters. The van der Waals surface area contributed by atoms with Gasteiger partial charge in [-0.1, -0.05) is 23.8 Å². The molecule has 0 saturated heterocycles. The van der Waals surface area contributed by atoms with Gasteiger partial charge in [-0.3, -0.25) is 9.69 Å². The fraction of sp³-hybridized carbons (Fsp3) is 0.360. The molecular formula is C25H28N4O2. The lowest BCUT2D eigenvalue weighted by atomic mass is 9.89. The van der Waals surface area contributed by atoms with Gasteiger partial charge in [0.15, 0.2) is 0 Å². The van der Waals surface area contributed by atoms with Gasteiger partial charge in [0.05, 0.1) is 25.9 Å². The van der Waals surface area contributed by atoms with Crippen molar-refractivity contribution >= 4 is 23.0 Å². The van der Waals surface area contributed by atoms with E-state index in [1.54, 1.807) is 13.3 Å². The quantitative estimate of drug-likeness (QED) is 0.508. The molecule has 1 aliphatic carbocycles. The predicted molar refractivity (Wildman–Crippen MR) is 123 cm³/mol. The Bertz CT molecular complexity index is 1160. The predicted octanol–water partition coefficient (Wildman–Crippen LogP) is 3.80. The molecule has 1 amide bonds. The van der Waals surface area contributed by atoms with Crippen LogP contribution in [0.2, 0.25) is 0 Å². The van der Waals surface area contributed by atoms with Crippen molar-refractivity contribution in [2.75, 3.05) is 20.2 Å². The Balaban J connectivity index is 1.31. The number of rotatable bonds is 5. The summed E-state index contributed by atoms with van der Waals surface area (Å²) in [5.41, 5.74) is 9.13. The summed E-state index contributed by atoms with van der Waals surface area (Å²) >= 11 is 0. The Morgan fingerprint density at radius 1 is 1.26 bits per heavy atom. The van der Waals surface area contributed by atoms with Crippen molar-refractivity contribution in [1.29, 1.82) is 0 Å². The molecule has 0 fully saturated rings. The lowest BCUT2D eigenvalue weighted by Crippen LogP contribution is -2.44. The minimum atomic E-state index is -0.0772. The zero-order valence-corrected chi connectivity index (χ0v) is 18.1. The maximum Gasteiger partial charge on any atom is 0.254 e. The van der Waals surface area contributed by atoms with E-state index in [0.717, 1.165) is 43.7 Å². The van der Waals surface area contributed by atoms with Crippen LogP contribution in [0.15, 0.2) is 47.6 Å². The fourth-order valence-corrected chi connectivity index (χ4v) is 5.10. The monoisotopic (exact) mass is 416 g/mol. The normalized spacial score (nSPS) is 18.3. The summed E-state index contributed by atoms with van der Waals surface area (Å²) in [7, 11) is 1.63. The number of carbonyl (C=O) groups is 1. The van der Waals surface area contributed by atoms with Crippen molar-refractivity contribution in [1.82, 2.24) is 14.9 Å². The molecule has 2 aromatic carbocycles. The molecule has 160 valence electrons. The Kier molecular flexibility index (Phi) is 5.24. The average molecular weight is 417 g/mol. The minimum Gasteiger partial charge on any atom is -0.497 e. The number of nitrogens with one attached hydrogen (secondary N) is 1. The number of hydrazone groups is 1. The summed E-state index contributed by atoms with van der Waals surface area (Å²) in [4.78, 5) is 14.9. The van der Waals surface area contributed by atoms with E-state index in [2.05, 4.69) is 45.1 Å². The number of nitrogens with zero attached hydrogens (tertiary/aromatic N) is 3. The highest BCUT2D eigenvalue weighted by Crippen LogP contribution is 2.42. The second-order valence-electron chi connectivity index (χ2n) is 8.48. The Morgan fingerprint density at radius 2 is 2.16 bits per heavy atom. The number of carbonyl (C=O) groups excluding carboxylic acids is 1. The summed E-state index contributed by atoms with van der Waals surface area (Å²) in [5.74, 6) is 0.689. The molecule has 6 heteroatoms. The smallest absolute Gasteiger partial charge is 0.254 e. The van der Waals surface area contributed by atoms with E-state index in [-0.39, 0.29) is 5.91 Å². The summed E-state index contributed by atoms with van der Waals surface area (Å²) in [6.45, 7) is 4.32. The number of hydrogen-bond acceptors (Lipinski definition) is 4. The highest BCUT2D eigenvalue weighted by atomic mass is 16.5. The van der Waals surface area contributed by atoms with Crippen LogP contribution in [0.3, 0.4) is 0 Å². The van der Waals surface area contributed by atoms with E-state index in [1.165, 1.54) is 27.7 Å². The van der Waals surface area contributed by atoms with E-state index in [0.29, 0.717) is 12.6 Å². The molecule has 1 N–H and O–H groups in total. The summed E-state index contributed by atoms with van der Waals surface area (Å²) in [6.07, 6.45) is 5.04. The Morgan fingerprint density at radius 3 is 3.03 bits per heavy atom. The number of methoxy groups -OCH3 is 1. The molecule has 0 spiro atoms. The van der Waals surface area contributed by atoms with Crippen LogP contribution >= 0.6 is 0 Å². The SMILES string of the molecule is COc1cccc(/C=N/NC(=O)CN2CCn3c4c(c5cc(C)ccc53)CCC[C@H]42)c1. The molecule has 0 radical (unpaired) electrons. The number of ether oxygens (including phenoxy) is 1. The fourth-order valence-electron chi connectivity index (χ4n) is 5.10. The summed E-state index contributed by atoms with van der Waals surface area (Å²) in [6, 6.07) is 14.7. The molecule has 5 rings (SSSR count). The molecule has 1 aromatic heterocycles. The molecule has 0 bridgehead atoms. The van der Waals surface area contributed by atoms with Crippen LogP contribution in [0.25, 0.3) is 10.9 Å². The summed E-state index contributed by atoms with van der Waals surface area (Å²) in [5, 5.41) is 5.54. The van der Waals surface area contributed by atoms with Crippen molar-refractivity contribution in [3.05, 3.63) is 64.8 Å². The number of aryl methyl sites for hydroxylation is 2. The second-order valence-corrected chi connectivity index (χ2v) is 8.48. The van der Waals surface area contributed by atoms with Gasteiger partial charge < -0.3 is 9.30 Å². The largest absolute Gasteiger partial charge is 0.497 e. The van der Waals surface area contributed by atoms with Crippen molar-refractivity contribution in [3.63, 3.8) is 0 Å². The highest BCUT2D eigenvalue weighted by Gasteiger charge is 2.35. The molecule has 1 atom stereocenters. The van der Waals surface area contributed by atoms with Crippen LogP contribution in [0.5, 0.6) is 5.75 Å². The number of fused-ring (bicyclic) bond motifs is 3. The molecule has 3 aromatic rings. The van der Waals surface area contributed by atoms with Crippen LogP contribution in [-0.2, 0) is 17.8 Å². The number of hydrogen-bond donors (Lipinski definition) is 1. The first kappa shape index (κ1) is 19.8. The van der Waals surface area contributed by atoms with Crippen LogP contribution in [0.1, 0.15) is 41.3 Å². The van der Waals surface area contributed by atoms with E-state index in [4.69, 9.17) is 4.74 Å². The zero-order chi connectivity index (χ0) is 21.4. The van der Waals surface area contributed by atoms with E-state index >= 15 is 0 Å². The molecule has 31 heavy (non-hydrogen) atoms. The highest BCUT2D eigenvalue weighted by molar-refractivity contribution is 5.87. The van der Waals surface area contributed by atoms with Crippen LogP contribution < -0.4 is 10.2 Å². The maximum absolute atomic E-state index is 12.6. The molecule has 1 aliphatic heterocycles. The topological polar surface area (TPSA) is 58.9 Å². The maximum atomic E-state index is 12.6. The third-order valence-electron chi connectivity index (χ3n) is 6.48. The van der Waals surface area contributed by atoms with E-state index < -0.39 is 0 Å². The van der Waals surface area contributed by atoms with E-state index in [1.807, 2.05) is 24.3 Å². The van der Waals surface area contributed by atoms with E-state index in [9.17, 15) is 4.79 Å². The molecule has 2 aliphatic rings. The van der Waals surface area contributed by atoms with Crippen LogP contribution in [-0.4, -0.2) is 41.8 Å². The number of amides is 1. The Labute approximate surface area is 182 Å². The van der Waals surface area contributed by atoms with Gasteiger partial charge in [-0.2, -0.15) is 5.10 Å². The Hall–Kier alpha value is -3.12. The van der Waals surface area contributed by atoms with Crippen molar-refractivity contribution < 1.29 is 9.53 Å². The van der Waals surface area contributed by atoms with Gasteiger partial charge in [0.25, 0.3) is 5.91 Å². The molecule has 2 heterocycles. The number of benzene rings is 2. The third-order valence-corrected chi connectivity index (χ3v) is 6.48. The lowest BCUT2D eigenvalue weighted by Gasteiger charge is -2.39. The van der Waals surface area contributed by atoms with Gasteiger partial charge in [0, 0.05) is 29.7 Å². The van der Waals surface area contributed by atoms with Gasteiger partial charge in [-0.15, -0.1) is 0 Å². The van der Waals surface area contributed by atoms with Crippen LogP contribution in [0, 0.1) is 6.92 Å². The third kappa shape index (κ3) is 3.72. The molecule has 0 saturated carbocycles. The van der Waals surface area contributed by atoms with Gasteiger partial charge >= 0.3 is 0 Å². The lowest BCUT2D eigenvalue weighted by molar-refractivity contribution is -0.123. The van der Waals surface area contributed by atoms with Crippen molar-refractivity contribution in [2.45, 2.75) is 38.8 Å².